The largest absolute Gasteiger partial charge is 2.00 e. The van der Waals surface area contributed by atoms with E-state index in [-0.39, 0.29) is 41.9 Å². The van der Waals surface area contributed by atoms with Crippen LogP contribution in [0.3, 0.4) is 0 Å². The average Bonchev–Trinajstić information content (AvgIpc) is 1.72. The summed E-state index contributed by atoms with van der Waals surface area (Å²) in [7, 11) is 0. The third-order valence-electron chi connectivity index (χ3n) is 0.500. The molecule has 8 heavy (non-hydrogen) atoms. The van der Waals surface area contributed by atoms with Gasteiger partial charge >= 0.3 is 51.9 Å². The van der Waals surface area contributed by atoms with Gasteiger partial charge in [0, 0.05) is 0 Å². The fraction of sp³-hybridized carbons (Fsp3) is 0.667. The minimum atomic E-state index is 0. The summed E-state index contributed by atoms with van der Waals surface area (Å²) in [4.78, 5) is 1.51. The van der Waals surface area contributed by atoms with Crippen LogP contribution in [0.4, 0.5) is 0 Å². The Balaban J connectivity index is -0.0000000183. The number of rotatable bonds is 1. The summed E-state index contributed by atoms with van der Waals surface area (Å²) in [6.07, 6.45) is 0. The van der Waals surface area contributed by atoms with Crippen molar-refractivity contribution in [2.24, 2.45) is 0 Å². The first-order chi connectivity index (χ1) is 2.91. The van der Waals surface area contributed by atoms with Crippen LogP contribution in [0.2, 0.25) is 10.5 Å². The molecule has 0 aromatic carbocycles. The Kier molecular flexibility index (Phi) is 120. The molecule has 0 atom stereocenters. The van der Waals surface area contributed by atoms with E-state index in [0.717, 1.165) is 0 Å². The summed E-state index contributed by atoms with van der Waals surface area (Å²) in [6.45, 7) is 7.26. The molecule has 0 nitrogen and oxygen atoms in total. The van der Waals surface area contributed by atoms with Gasteiger partial charge in [-0.15, -0.1) is 0 Å². The minimum absolute atomic E-state index is 0. The number of hydrogen-bond acceptors (Lipinski definition) is 0. The molecule has 0 spiro atoms. The van der Waals surface area contributed by atoms with Gasteiger partial charge in [0.1, 0.15) is 0 Å². The van der Waals surface area contributed by atoms with Crippen LogP contribution in [0.25, 0.3) is 0 Å². The van der Waals surface area contributed by atoms with E-state index in [1.54, 1.807) is 6.92 Å². The minimum Gasteiger partial charge on any atom is -0.358 e. The van der Waals surface area contributed by atoms with Crippen LogP contribution in [0, 0.1) is 14.4 Å². The van der Waals surface area contributed by atoms with Crippen molar-refractivity contribution < 1.29 is 17.1 Å². The Morgan fingerprint density at radius 2 is 1.50 bits per heavy atom. The molecule has 0 heterocycles. The fourth-order valence-corrected chi connectivity index (χ4v) is 0. The Morgan fingerprint density at radius 3 is 1.50 bits per heavy atom. The predicted molar refractivity (Wildman–Crippen MR) is 40.9 cm³/mol. The third-order valence-corrected chi connectivity index (χ3v) is 2.60. The van der Waals surface area contributed by atoms with E-state index in [9.17, 15) is 0 Å². The van der Waals surface area contributed by atoms with Gasteiger partial charge in [0.25, 0.3) is 0 Å². The number of hydrogen-bond donors (Lipinski definition) is 0. The average molecular weight is 221 g/mol. The maximum absolute atomic E-state index is 3.25. The Labute approximate surface area is 73.1 Å². The zero-order chi connectivity index (χ0) is 5.41. The summed E-state index contributed by atoms with van der Waals surface area (Å²) in [5.41, 5.74) is 2.37. The van der Waals surface area contributed by atoms with Gasteiger partial charge in [0.2, 0.25) is 0 Å². The molecule has 0 aromatic heterocycles. The van der Waals surface area contributed by atoms with Gasteiger partial charge in [-0.2, -0.15) is 6.92 Å². The van der Waals surface area contributed by atoms with Crippen LogP contribution in [-0.2, 0) is 17.1 Å². The first-order valence-corrected chi connectivity index (χ1v) is 7.69. The SMILES string of the molecule is C[CH2][68GaH][CH3].[64Cu+2].[CH2-]C.[CH3-]. The van der Waals surface area contributed by atoms with Gasteiger partial charge in [-0.1, -0.05) is 0 Å². The second kappa shape index (κ2) is 41.9. The zero-order valence-electron chi connectivity index (χ0n) is 6.42. The summed E-state index contributed by atoms with van der Waals surface area (Å²) in [6, 6.07) is 0. The van der Waals surface area contributed by atoms with Crippen LogP contribution in [-0.4, -0.2) is 17.4 Å². The maximum Gasteiger partial charge on any atom is 2.00 e. The normalized spacial score (nSPS) is 4.00. The van der Waals surface area contributed by atoms with Crippen molar-refractivity contribution in [1.82, 2.24) is 0 Å². The molecule has 0 aliphatic heterocycles. The molecule has 0 rings (SSSR count). The molecule has 55 valence electrons. The maximum atomic E-state index is 3.25. The van der Waals surface area contributed by atoms with E-state index in [0.29, 0.717) is 0 Å². The summed E-state index contributed by atoms with van der Waals surface area (Å²) >= 11 is 0.111. The molecule has 0 aliphatic carbocycles. The monoisotopic (exact) mass is 221 g/mol. The summed E-state index contributed by atoms with van der Waals surface area (Å²) in [5, 5.41) is 0. The molecule has 0 saturated carbocycles. The zero-order valence-corrected chi connectivity index (χ0v) is 10.3. The molecular weight excluding hydrogens is 204 g/mol. The third kappa shape index (κ3) is 58.3. The molecule has 0 unspecified atom stereocenters. The molecule has 0 fully saturated rings. The van der Waals surface area contributed by atoms with Crippen LogP contribution < -0.4 is 0 Å². The molecular formula is C6H17CuGa. The van der Waals surface area contributed by atoms with Crippen LogP contribution >= 0.6 is 0 Å². The van der Waals surface area contributed by atoms with Crippen molar-refractivity contribution in [3.05, 3.63) is 14.4 Å². The van der Waals surface area contributed by atoms with E-state index in [2.05, 4.69) is 19.3 Å². The van der Waals surface area contributed by atoms with Crippen molar-refractivity contribution in [3.63, 3.8) is 0 Å². The van der Waals surface area contributed by atoms with E-state index in [4.69, 9.17) is 0 Å². The molecule has 0 amide bonds. The van der Waals surface area contributed by atoms with Gasteiger partial charge in [0.15, 0.2) is 0 Å². The van der Waals surface area contributed by atoms with E-state index in [1.807, 2.05) is 0 Å². The Bertz CT molecular complexity index is 10.5. The first-order valence-electron chi connectivity index (χ1n) is 2.62. The molecule has 0 aliphatic rings. The van der Waals surface area contributed by atoms with Crippen molar-refractivity contribution in [3.8, 4) is 0 Å². The van der Waals surface area contributed by atoms with Crippen molar-refractivity contribution in [1.29, 1.82) is 0 Å². The van der Waals surface area contributed by atoms with Crippen molar-refractivity contribution in [2.75, 3.05) is 0 Å². The molecule has 0 aromatic rings. The molecule has 0 saturated heterocycles. The quantitative estimate of drug-likeness (QED) is 0.470. The van der Waals surface area contributed by atoms with Crippen molar-refractivity contribution >= 4 is 17.4 Å². The van der Waals surface area contributed by atoms with E-state index < -0.39 is 0 Å². The topological polar surface area (TPSA) is 0 Å². The molecule has 1 radical (unpaired) electrons. The van der Waals surface area contributed by atoms with E-state index in [1.165, 1.54) is 4.98 Å². The standard InChI is InChI=1S/2C2H5.2CH3.Cu.Ga.H/c2*1-2;;;;;/h2*1H2,2H3;2*1H3;;;/q;-1;;-1;+2;;/i;;;;1+0;1-2;. The fourth-order valence-electron chi connectivity index (χ4n) is 0. The van der Waals surface area contributed by atoms with Gasteiger partial charge in [-0.05, 0) is 0 Å². The molecule has 0 N–H and O–H groups in total. The molecule has 2 heteroatoms. The summed E-state index contributed by atoms with van der Waals surface area (Å²) in [5.74, 6) is 0. The van der Waals surface area contributed by atoms with Crippen LogP contribution in [0.5, 0.6) is 0 Å². The summed E-state index contributed by atoms with van der Waals surface area (Å²) < 4.78 is 0. The Hall–Kier alpha value is 1.16. The second-order valence-corrected chi connectivity index (χ2v) is 5.20. The van der Waals surface area contributed by atoms with Crippen LogP contribution in [0.1, 0.15) is 13.8 Å². The smallest absolute Gasteiger partial charge is 0.358 e. The van der Waals surface area contributed by atoms with Gasteiger partial charge < -0.3 is 14.4 Å². The molecule has 0 bridgehead atoms. The van der Waals surface area contributed by atoms with Crippen molar-refractivity contribution in [2.45, 2.75) is 24.3 Å². The van der Waals surface area contributed by atoms with E-state index >= 15 is 0 Å². The Morgan fingerprint density at radius 1 is 1.38 bits per heavy atom. The first kappa shape index (κ1) is 22.9. The van der Waals surface area contributed by atoms with Gasteiger partial charge in [0.05, 0.1) is 0 Å². The van der Waals surface area contributed by atoms with Crippen LogP contribution in [0.15, 0.2) is 0 Å². The van der Waals surface area contributed by atoms with Gasteiger partial charge in [-0.3, -0.25) is 0 Å². The second-order valence-electron chi connectivity index (χ2n) is 1.000. The predicted octanol–water partition coefficient (Wildman–Crippen LogP) is 2.20. The van der Waals surface area contributed by atoms with Gasteiger partial charge in [-0.25, -0.2) is 0 Å².